The number of benzene rings is 4. The Labute approximate surface area is 251 Å². The van der Waals surface area contributed by atoms with Crippen molar-refractivity contribution in [3.05, 3.63) is 96.1 Å². The lowest BCUT2D eigenvalue weighted by Gasteiger charge is -2.29. The van der Waals surface area contributed by atoms with Crippen LogP contribution in [0.2, 0.25) is 0 Å². The van der Waals surface area contributed by atoms with Gasteiger partial charge in [-0.05, 0) is 97.2 Å². The lowest BCUT2D eigenvalue weighted by Crippen LogP contribution is -2.16. The van der Waals surface area contributed by atoms with Gasteiger partial charge in [0.25, 0.3) is 10.1 Å². The summed E-state index contributed by atoms with van der Waals surface area (Å²) in [4.78, 5) is 1.35. The van der Waals surface area contributed by atoms with Crippen molar-refractivity contribution in [1.29, 1.82) is 0 Å². The molecule has 5 aromatic rings. The van der Waals surface area contributed by atoms with E-state index in [0.717, 1.165) is 68.2 Å². The van der Waals surface area contributed by atoms with Crippen molar-refractivity contribution < 1.29 is 17.7 Å². The van der Waals surface area contributed by atoms with Crippen LogP contribution >= 0.6 is 10.5 Å². The minimum absolute atomic E-state index is 0.112. The summed E-state index contributed by atoms with van der Waals surface area (Å²) in [6.07, 6.45) is 10.4. The van der Waals surface area contributed by atoms with E-state index in [-0.39, 0.29) is 27.2 Å². The molecule has 0 bridgehead atoms. The molecule has 4 nitrogen and oxygen atoms in total. The smallest absolute Gasteiger partial charge is 0.295 e. The fourth-order valence-electron chi connectivity index (χ4n) is 7.34. The molecule has 4 aromatic carbocycles. The maximum Gasteiger partial charge on any atom is 0.295 e. The molecule has 0 unspecified atom stereocenters. The number of rotatable bonds is 6. The topological polar surface area (TPSA) is 63.6 Å². The molecule has 0 amide bonds. The molecule has 0 radical (unpaired) electrons. The molecule has 2 fully saturated rings. The van der Waals surface area contributed by atoms with Crippen molar-refractivity contribution in [3.8, 4) is 16.4 Å². The third-order valence-electron chi connectivity index (χ3n) is 9.25. The Morgan fingerprint density at radius 1 is 0.619 bits per heavy atom. The van der Waals surface area contributed by atoms with Gasteiger partial charge in [0.2, 0.25) is 0 Å². The molecule has 2 aliphatic rings. The molecule has 1 heterocycles. The van der Waals surface area contributed by atoms with E-state index in [4.69, 9.17) is 4.74 Å². The van der Waals surface area contributed by atoms with Gasteiger partial charge in [0, 0.05) is 27.3 Å². The van der Waals surface area contributed by atoms with Crippen LogP contribution < -0.4 is 4.74 Å². The molecule has 0 aliphatic heterocycles. The highest BCUT2D eigenvalue weighted by molar-refractivity contribution is 7.86. The summed E-state index contributed by atoms with van der Waals surface area (Å²) in [7, 11) is -4.61. The SMILES string of the molecule is O=S(=O)(O)c1c(C2CCCCC2)cc(Oc2cccc(-[s+]3c4ccccc4c4ccccc43)c2)cc1C1CCCCC1. The normalized spacial score (nSPS) is 17.2. The van der Waals surface area contributed by atoms with Gasteiger partial charge in [-0.25, -0.2) is 0 Å². The van der Waals surface area contributed by atoms with Gasteiger partial charge >= 0.3 is 0 Å². The Morgan fingerprint density at radius 2 is 1.14 bits per heavy atom. The van der Waals surface area contributed by atoms with E-state index in [0.29, 0.717) is 5.75 Å². The first kappa shape index (κ1) is 27.6. The molecule has 7 rings (SSSR count). The molecule has 2 saturated carbocycles. The van der Waals surface area contributed by atoms with Gasteiger partial charge < -0.3 is 4.74 Å². The molecule has 0 spiro atoms. The maximum absolute atomic E-state index is 12.9. The Morgan fingerprint density at radius 3 is 1.67 bits per heavy atom. The molecule has 216 valence electrons. The Hall–Kier alpha value is -3.19. The van der Waals surface area contributed by atoms with Crippen LogP contribution in [0.5, 0.6) is 11.5 Å². The second kappa shape index (κ2) is 11.5. The zero-order chi connectivity index (χ0) is 28.7. The van der Waals surface area contributed by atoms with Crippen molar-refractivity contribution in [1.82, 2.24) is 0 Å². The maximum atomic E-state index is 12.9. The van der Waals surface area contributed by atoms with E-state index >= 15 is 0 Å². The molecular formula is C36H37O4S2+. The number of hydrogen-bond acceptors (Lipinski definition) is 3. The minimum Gasteiger partial charge on any atom is -0.457 e. The summed E-state index contributed by atoms with van der Waals surface area (Å²) in [6.45, 7) is 0. The van der Waals surface area contributed by atoms with E-state index in [1.807, 2.05) is 18.2 Å². The quantitative estimate of drug-likeness (QED) is 0.156. The summed E-state index contributed by atoms with van der Waals surface area (Å²) in [5.41, 5.74) is 1.49. The van der Waals surface area contributed by atoms with Crippen molar-refractivity contribution >= 4 is 40.8 Å². The first-order valence-electron chi connectivity index (χ1n) is 15.3. The molecule has 0 saturated heterocycles. The summed E-state index contributed by atoms with van der Waals surface area (Å²) in [5, 5.41) is 2.58. The second-order valence-electron chi connectivity index (χ2n) is 12.0. The van der Waals surface area contributed by atoms with Crippen molar-refractivity contribution in [2.75, 3.05) is 0 Å². The van der Waals surface area contributed by atoms with E-state index in [9.17, 15) is 13.0 Å². The lowest BCUT2D eigenvalue weighted by atomic mass is 9.79. The minimum atomic E-state index is -4.38. The van der Waals surface area contributed by atoms with Gasteiger partial charge in [-0.3, -0.25) is 4.55 Å². The standard InChI is InChI=1S/C36H36O4S2/c37-42(38,39)36-32(25-12-3-1-4-13-25)23-28(24-33(36)26-14-5-2-6-15-26)40-27-16-11-17-29(22-27)41-34-20-9-7-18-30(34)31-19-8-10-21-35(31)41/h7-11,16-26H,1-6,12-15H2/p+1. The number of ether oxygens (including phenoxy) is 1. The van der Waals surface area contributed by atoms with Crippen molar-refractivity contribution in [2.24, 2.45) is 0 Å². The van der Waals surface area contributed by atoms with Crippen molar-refractivity contribution in [3.63, 3.8) is 0 Å². The van der Waals surface area contributed by atoms with Crippen LogP contribution in [0.25, 0.3) is 25.1 Å². The first-order valence-corrected chi connectivity index (χ1v) is 18.0. The molecule has 6 heteroatoms. The zero-order valence-corrected chi connectivity index (χ0v) is 25.4. The van der Waals surface area contributed by atoms with Crippen LogP contribution in [0, 0.1) is 0 Å². The third-order valence-corrected chi connectivity index (χ3v) is 12.6. The van der Waals surface area contributed by atoms with E-state index in [1.54, 1.807) is 0 Å². The lowest BCUT2D eigenvalue weighted by molar-refractivity contribution is 0.413. The van der Waals surface area contributed by atoms with E-state index in [2.05, 4.69) is 66.7 Å². The van der Waals surface area contributed by atoms with Gasteiger partial charge in [-0.15, -0.1) is 0 Å². The number of thiophene rings is 1. The average Bonchev–Trinajstić information content (AvgIpc) is 3.36. The van der Waals surface area contributed by atoms with Gasteiger partial charge in [-0.2, -0.15) is 8.42 Å². The average molecular weight is 598 g/mol. The zero-order valence-electron chi connectivity index (χ0n) is 23.8. The van der Waals surface area contributed by atoms with Crippen molar-refractivity contribution in [2.45, 2.75) is 80.9 Å². The summed E-state index contributed by atoms with van der Waals surface area (Å²) < 4.78 is 45.7. The number of hydrogen-bond donors (Lipinski definition) is 1. The van der Waals surface area contributed by atoms with Gasteiger partial charge in [0.05, 0.1) is 0 Å². The van der Waals surface area contributed by atoms with Crippen LogP contribution in [0.3, 0.4) is 0 Å². The largest absolute Gasteiger partial charge is 0.457 e. The van der Waals surface area contributed by atoms with Crippen LogP contribution in [-0.4, -0.2) is 13.0 Å². The summed E-state index contributed by atoms with van der Waals surface area (Å²) in [6, 6.07) is 29.5. The highest BCUT2D eigenvalue weighted by Crippen LogP contribution is 2.49. The predicted molar refractivity (Wildman–Crippen MR) is 173 cm³/mol. The van der Waals surface area contributed by atoms with E-state index in [1.165, 1.54) is 37.9 Å². The predicted octanol–water partition coefficient (Wildman–Crippen LogP) is 10.9. The molecule has 0 atom stereocenters. The summed E-state index contributed by atoms with van der Waals surface area (Å²) in [5.74, 6) is 1.63. The van der Waals surface area contributed by atoms with Crippen LogP contribution in [0.1, 0.15) is 87.2 Å². The molecule has 2 aliphatic carbocycles. The highest BCUT2D eigenvalue weighted by Gasteiger charge is 2.32. The van der Waals surface area contributed by atoms with E-state index < -0.39 is 10.1 Å². The third kappa shape index (κ3) is 5.25. The van der Waals surface area contributed by atoms with Gasteiger partial charge in [0.15, 0.2) is 14.3 Å². The fraction of sp³-hybridized carbons (Fsp3) is 0.333. The van der Waals surface area contributed by atoms with Gasteiger partial charge in [-0.1, -0.05) is 68.9 Å². The number of fused-ring (bicyclic) bond motifs is 3. The highest BCUT2D eigenvalue weighted by atomic mass is 32.2. The summed E-state index contributed by atoms with van der Waals surface area (Å²) >= 11 is 0. The first-order chi connectivity index (χ1) is 20.5. The Balaban J connectivity index is 1.34. The molecule has 1 aromatic heterocycles. The second-order valence-corrected chi connectivity index (χ2v) is 15.3. The van der Waals surface area contributed by atoms with Crippen LogP contribution in [0.4, 0.5) is 0 Å². The molecule has 1 N–H and O–H groups in total. The van der Waals surface area contributed by atoms with Crippen LogP contribution in [-0.2, 0) is 10.1 Å². The Kier molecular flexibility index (Phi) is 7.55. The fourth-order valence-corrected chi connectivity index (χ4v) is 10.8. The van der Waals surface area contributed by atoms with Gasteiger partial charge in [0.1, 0.15) is 16.4 Å². The Bertz CT molecular complexity index is 1770. The monoisotopic (exact) mass is 597 g/mol. The van der Waals surface area contributed by atoms with Crippen LogP contribution in [0.15, 0.2) is 89.8 Å². The molecular weight excluding hydrogens is 561 g/mol. The molecule has 42 heavy (non-hydrogen) atoms.